The number of nitrogens with one attached hydrogen (secondary N) is 2. The highest BCUT2D eigenvalue weighted by Crippen LogP contribution is 2.37. The van der Waals surface area contributed by atoms with Crippen LogP contribution < -0.4 is 15.5 Å². The molecule has 2 heterocycles. The lowest BCUT2D eigenvalue weighted by atomic mass is 9.91. The van der Waals surface area contributed by atoms with E-state index < -0.39 is 23.1 Å². The normalized spacial score (nSPS) is 13.0. The number of rotatable bonds is 8. The number of imidazole rings is 1. The van der Waals surface area contributed by atoms with Gasteiger partial charge in [0.05, 0.1) is 30.1 Å². The van der Waals surface area contributed by atoms with Crippen LogP contribution in [-0.2, 0) is 4.79 Å². The molecule has 9 nitrogen and oxygen atoms in total. The van der Waals surface area contributed by atoms with Crippen LogP contribution in [0.1, 0.15) is 55.1 Å². The highest BCUT2D eigenvalue weighted by Gasteiger charge is 2.29. The lowest BCUT2D eigenvalue weighted by molar-refractivity contribution is -0.122. The Kier molecular flexibility index (Phi) is 7.00. The van der Waals surface area contributed by atoms with Gasteiger partial charge < -0.3 is 29.7 Å². The average molecular weight is 492 g/mol. The third kappa shape index (κ3) is 5.05. The van der Waals surface area contributed by atoms with Crippen molar-refractivity contribution < 1.29 is 24.2 Å². The first-order valence-corrected chi connectivity index (χ1v) is 11.6. The van der Waals surface area contributed by atoms with Crippen molar-refractivity contribution >= 4 is 16.9 Å². The Balaban J connectivity index is 1.69. The van der Waals surface area contributed by atoms with E-state index in [1.54, 1.807) is 19.1 Å². The number of benzene rings is 2. The van der Waals surface area contributed by atoms with Crippen molar-refractivity contribution in [3.63, 3.8) is 0 Å². The van der Waals surface area contributed by atoms with E-state index in [9.17, 15) is 19.8 Å². The van der Waals surface area contributed by atoms with Crippen LogP contribution in [0.2, 0.25) is 0 Å². The summed E-state index contributed by atoms with van der Waals surface area (Å²) < 4.78 is 11.0. The van der Waals surface area contributed by atoms with Gasteiger partial charge in [-0.25, -0.2) is 4.98 Å². The number of aromatic nitrogens is 2. The number of hydrogen-bond donors (Lipinski definition) is 4. The van der Waals surface area contributed by atoms with Gasteiger partial charge in [-0.2, -0.15) is 0 Å². The number of para-hydroxylation sites is 2. The fourth-order valence-corrected chi connectivity index (χ4v) is 4.22. The van der Waals surface area contributed by atoms with Gasteiger partial charge in [0, 0.05) is 12.5 Å². The molecular weight excluding hydrogens is 462 g/mol. The molecular formula is C27H29N3O6. The van der Waals surface area contributed by atoms with Gasteiger partial charge in [0.25, 0.3) is 0 Å². The Hall–Kier alpha value is -4.27. The molecule has 2 aromatic heterocycles. The van der Waals surface area contributed by atoms with Gasteiger partial charge in [0.1, 0.15) is 11.6 Å². The number of phenols is 1. The maximum atomic E-state index is 13.4. The Bertz CT molecular complexity index is 1420. The minimum absolute atomic E-state index is 0.0204. The van der Waals surface area contributed by atoms with Crippen molar-refractivity contribution in [2.45, 2.75) is 39.2 Å². The van der Waals surface area contributed by atoms with Gasteiger partial charge in [-0.15, -0.1) is 0 Å². The van der Waals surface area contributed by atoms with Gasteiger partial charge in [0.15, 0.2) is 17.3 Å². The summed E-state index contributed by atoms with van der Waals surface area (Å²) in [6.07, 6.45) is -0.142. The predicted molar refractivity (Wildman–Crippen MR) is 134 cm³/mol. The second kappa shape index (κ2) is 10.2. The molecule has 4 N–H and O–H groups in total. The van der Waals surface area contributed by atoms with Gasteiger partial charge in [-0.05, 0) is 42.7 Å². The van der Waals surface area contributed by atoms with Crippen LogP contribution in [0, 0.1) is 12.8 Å². The maximum absolute atomic E-state index is 13.4. The molecule has 4 aromatic rings. The molecule has 0 aliphatic rings. The summed E-state index contributed by atoms with van der Waals surface area (Å²) in [5.41, 5.74) is 1.58. The summed E-state index contributed by atoms with van der Waals surface area (Å²) in [5.74, 6) is -0.703. The standard InChI is InChI=1S/C27H29N3O6/c1-14(2)24(27-28-18-7-5-6-8-19(18)29-27)30-23(33)13-17(16-9-10-20(31)22(12-16)35-4)26-25(34)21(32)11-15(3)36-26/h5-12,14,17,24,31,34H,13H2,1-4H3,(H,28,29)(H,30,33)/t17?,24-/m0/s1. The highest BCUT2D eigenvalue weighted by molar-refractivity contribution is 5.79. The number of amides is 1. The van der Waals surface area contributed by atoms with Crippen LogP contribution in [0.15, 0.2) is 57.7 Å². The zero-order valence-corrected chi connectivity index (χ0v) is 20.5. The van der Waals surface area contributed by atoms with E-state index in [-0.39, 0.29) is 35.5 Å². The largest absolute Gasteiger partial charge is 0.504 e. The number of carbonyl (C=O) groups is 1. The van der Waals surface area contributed by atoms with E-state index in [0.29, 0.717) is 17.1 Å². The molecule has 1 unspecified atom stereocenters. The summed E-state index contributed by atoms with van der Waals surface area (Å²) in [6.45, 7) is 5.55. The van der Waals surface area contributed by atoms with Crippen LogP contribution in [-0.4, -0.2) is 33.2 Å². The van der Waals surface area contributed by atoms with Crippen LogP contribution in [0.25, 0.3) is 11.0 Å². The molecule has 0 fully saturated rings. The van der Waals surface area contributed by atoms with E-state index in [2.05, 4.69) is 15.3 Å². The molecule has 188 valence electrons. The topological polar surface area (TPSA) is 138 Å². The van der Waals surface area contributed by atoms with Crippen LogP contribution in [0.4, 0.5) is 0 Å². The number of phenolic OH excluding ortho intramolecular Hbond substituents is 1. The number of hydrogen-bond acceptors (Lipinski definition) is 7. The second-order valence-electron chi connectivity index (χ2n) is 9.05. The number of nitrogens with zero attached hydrogens (tertiary/aromatic N) is 1. The second-order valence-corrected chi connectivity index (χ2v) is 9.05. The Morgan fingerprint density at radius 2 is 1.92 bits per heavy atom. The van der Waals surface area contributed by atoms with Gasteiger partial charge in [-0.1, -0.05) is 32.0 Å². The number of aromatic amines is 1. The quantitative estimate of drug-likeness (QED) is 0.289. The van der Waals surface area contributed by atoms with E-state index in [1.807, 2.05) is 38.1 Å². The third-order valence-electron chi connectivity index (χ3n) is 6.07. The number of methoxy groups -OCH3 is 1. The number of fused-ring (bicyclic) bond motifs is 1. The van der Waals surface area contributed by atoms with E-state index in [1.165, 1.54) is 19.2 Å². The van der Waals surface area contributed by atoms with Gasteiger partial charge >= 0.3 is 0 Å². The monoisotopic (exact) mass is 491 g/mol. The zero-order chi connectivity index (χ0) is 26.0. The summed E-state index contributed by atoms with van der Waals surface area (Å²) in [5, 5.41) is 23.6. The van der Waals surface area contributed by atoms with Crippen molar-refractivity contribution in [2.24, 2.45) is 5.92 Å². The van der Waals surface area contributed by atoms with Crippen molar-refractivity contribution in [1.82, 2.24) is 15.3 Å². The molecule has 0 bridgehead atoms. The summed E-state index contributed by atoms with van der Waals surface area (Å²) in [7, 11) is 1.41. The maximum Gasteiger partial charge on any atom is 0.227 e. The van der Waals surface area contributed by atoms with E-state index in [4.69, 9.17) is 9.15 Å². The Morgan fingerprint density at radius 1 is 1.17 bits per heavy atom. The number of aryl methyl sites for hydroxylation is 1. The van der Waals surface area contributed by atoms with Crippen molar-refractivity contribution in [3.8, 4) is 17.2 Å². The predicted octanol–water partition coefficient (Wildman–Crippen LogP) is 4.28. The molecule has 4 rings (SSSR count). The molecule has 2 atom stereocenters. The molecule has 0 saturated carbocycles. The van der Waals surface area contributed by atoms with Crippen LogP contribution >= 0.6 is 0 Å². The van der Waals surface area contributed by atoms with Crippen molar-refractivity contribution in [1.29, 1.82) is 0 Å². The number of H-pyrrole nitrogens is 1. The molecule has 0 saturated heterocycles. The lowest BCUT2D eigenvalue weighted by Crippen LogP contribution is -2.33. The molecule has 0 aliphatic heterocycles. The molecule has 0 radical (unpaired) electrons. The van der Waals surface area contributed by atoms with Gasteiger partial charge in [0.2, 0.25) is 17.1 Å². The van der Waals surface area contributed by atoms with Crippen LogP contribution in [0.3, 0.4) is 0 Å². The van der Waals surface area contributed by atoms with Gasteiger partial charge in [-0.3, -0.25) is 9.59 Å². The Labute approximate surface area is 207 Å². The molecule has 2 aromatic carbocycles. The minimum Gasteiger partial charge on any atom is -0.504 e. The number of aromatic hydroxyl groups is 2. The first-order valence-electron chi connectivity index (χ1n) is 11.6. The molecule has 0 aliphatic carbocycles. The fourth-order valence-electron chi connectivity index (χ4n) is 4.22. The molecule has 9 heteroatoms. The number of ether oxygens (including phenoxy) is 1. The van der Waals surface area contributed by atoms with E-state index in [0.717, 1.165) is 11.0 Å². The van der Waals surface area contributed by atoms with Crippen LogP contribution in [0.5, 0.6) is 17.2 Å². The fraction of sp³-hybridized carbons (Fsp3) is 0.296. The highest BCUT2D eigenvalue weighted by atomic mass is 16.5. The average Bonchev–Trinajstić information content (AvgIpc) is 3.27. The van der Waals surface area contributed by atoms with Crippen molar-refractivity contribution in [2.75, 3.05) is 7.11 Å². The smallest absolute Gasteiger partial charge is 0.227 e. The lowest BCUT2D eigenvalue weighted by Gasteiger charge is -2.23. The van der Waals surface area contributed by atoms with E-state index >= 15 is 0 Å². The Morgan fingerprint density at radius 3 is 2.61 bits per heavy atom. The third-order valence-corrected chi connectivity index (χ3v) is 6.07. The van der Waals surface area contributed by atoms with Crippen molar-refractivity contribution in [3.05, 3.63) is 81.7 Å². The summed E-state index contributed by atoms with van der Waals surface area (Å²) in [4.78, 5) is 33.6. The summed E-state index contributed by atoms with van der Waals surface area (Å²) in [6, 6.07) is 13.0. The molecule has 36 heavy (non-hydrogen) atoms. The summed E-state index contributed by atoms with van der Waals surface area (Å²) >= 11 is 0. The first kappa shape index (κ1) is 24.8. The molecule has 1 amide bonds. The first-order chi connectivity index (χ1) is 17.2. The number of carbonyl (C=O) groups excluding carboxylic acids is 1. The molecule has 0 spiro atoms. The zero-order valence-electron chi connectivity index (χ0n) is 20.5. The SMILES string of the molecule is COc1cc(C(CC(=O)N[C@H](c2nc3ccccc3[nH]2)C(C)C)c2oc(C)cc(=O)c2O)ccc1O. The minimum atomic E-state index is -0.824.